The van der Waals surface area contributed by atoms with Crippen molar-refractivity contribution in [2.24, 2.45) is 0 Å². The Morgan fingerprint density at radius 3 is 1.95 bits per heavy atom. The lowest BCUT2D eigenvalue weighted by Crippen LogP contribution is -2.08. The molecule has 0 saturated carbocycles. The molecule has 0 aliphatic rings. The molecule has 0 heterocycles. The van der Waals surface area contributed by atoms with Crippen LogP contribution in [0.4, 0.5) is 5.69 Å². The van der Waals surface area contributed by atoms with Crippen molar-refractivity contribution < 1.29 is 0 Å². The molecule has 5 heteroatoms. The van der Waals surface area contributed by atoms with Gasteiger partial charge in [0.05, 0.1) is 0 Å². The molecule has 0 bridgehead atoms. The molecule has 0 fully saturated rings. The molecule has 0 spiro atoms. The van der Waals surface area contributed by atoms with E-state index in [2.05, 4.69) is 0 Å². The van der Waals surface area contributed by atoms with Gasteiger partial charge in [-0.25, -0.2) is 0 Å². The maximum absolute atomic E-state index is 9.18. The summed E-state index contributed by atoms with van der Waals surface area (Å²) in [6.45, 7) is 0. The van der Waals surface area contributed by atoms with E-state index in [1.165, 1.54) is 0 Å². The minimum Gasteiger partial charge on any atom is -0.378 e. The standard InChI is InChI=1S/C16H17N3S2/c1-19(2)14-7-5-12(6-8-14)15(13(10-17)11-18)9-16(20-3)21-4/h5-9H,1-4H3. The fourth-order valence-corrected chi connectivity index (χ4v) is 2.84. The molecule has 21 heavy (non-hydrogen) atoms. The highest BCUT2D eigenvalue weighted by Crippen LogP contribution is 2.30. The van der Waals surface area contributed by atoms with Gasteiger partial charge in [0.1, 0.15) is 17.7 Å². The number of hydrogen-bond acceptors (Lipinski definition) is 5. The molecule has 0 aliphatic carbocycles. The summed E-state index contributed by atoms with van der Waals surface area (Å²) in [5, 5.41) is 18.4. The third-order valence-electron chi connectivity index (χ3n) is 2.85. The second kappa shape index (κ2) is 8.46. The van der Waals surface area contributed by atoms with Crippen LogP contribution < -0.4 is 4.90 Å². The largest absolute Gasteiger partial charge is 0.378 e. The minimum atomic E-state index is 0.133. The third kappa shape index (κ3) is 4.60. The van der Waals surface area contributed by atoms with Crippen LogP contribution in [0.3, 0.4) is 0 Å². The Balaban J connectivity index is 3.40. The first-order valence-electron chi connectivity index (χ1n) is 6.19. The SMILES string of the molecule is CSC(=CC(=C(C#N)C#N)c1ccc(N(C)C)cc1)SC. The van der Waals surface area contributed by atoms with Gasteiger partial charge in [0.2, 0.25) is 0 Å². The van der Waals surface area contributed by atoms with E-state index in [4.69, 9.17) is 0 Å². The summed E-state index contributed by atoms with van der Waals surface area (Å²) >= 11 is 3.20. The van der Waals surface area contributed by atoms with Gasteiger partial charge < -0.3 is 4.90 Å². The van der Waals surface area contributed by atoms with Crippen molar-refractivity contribution in [2.45, 2.75) is 0 Å². The number of nitriles is 2. The van der Waals surface area contributed by atoms with Gasteiger partial charge in [-0.05, 0) is 36.3 Å². The summed E-state index contributed by atoms with van der Waals surface area (Å²) in [6, 6.07) is 11.8. The highest BCUT2D eigenvalue weighted by Gasteiger charge is 2.09. The summed E-state index contributed by atoms with van der Waals surface area (Å²) < 4.78 is 1.06. The van der Waals surface area contributed by atoms with Gasteiger partial charge in [-0.15, -0.1) is 23.5 Å². The summed E-state index contributed by atoms with van der Waals surface area (Å²) in [6.07, 6.45) is 5.86. The first kappa shape index (κ1) is 17.2. The van der Waals surface area contributed by atoms with Crippen LogP contribution in [0.2, 0.25) is 0 Å². The molecule has 1 aromatic carbocycles. The van der Waals surface area contributed by atoms with Gasteiger partial charge in [0.25, 0.3) is 0 Å². The van der Waals surface area contributed by atoms with E-state index in [9.17, 15) is 10.5 Å². The maximum Gasteiger partial charge on any atom is 0.137 e. The van der Waals surface area contributed by atoms with Crippen molar-refractivity contribution in [3.8, 4) is 12.1 Å². The predicted molar refractivity (Wildman–Crippen MR) is 94.0 cm³/mol. The topological polar surface area (TPSA) is 50.8 Å². The quantitative estimate of drug-likeness (QED) is 0.604. The molecule has 0 saturated heterocycles. The van der Waals surface area contributed by atoms with Gasteiger partial charge in [0.15, 0.2) is 0 Å². The molecule has 1 rings (SSSR count). The summed E-state index contributed by atoms with van der Waals surface area (Å²) in [4.78, 5) is 2.01. The van der Waals surface area contributed by atoms with E-state index < -0.39 is 0 Å². The Bertz CT molecular complexity index is 607. The fourth-order valence-electron chi connectivity index (χ4n) is 1.70. The monoisotopic (exact) mass is 315 g/mol. The Kier molecular flexibility index (Phi) is 6.94. The lowest BCUT2D eigenvalue weighted by atomic mass is 10.0. The minimum absolute atomic E-state index is 0.133. The highest BCUT2D eigenvalue weighted by atomic mass is 32.2. The summed E-state index contributed by atoms with van der Waals surface area (Å²) in [7, 11) is 3.95. The van der Waals surface area contributed by atoms with Gasteiger partial charge in [-0.1, -0.05) is 12.1 Å². The molecule has 0 aliphatic heterocycles. The number of allylic oxidation sites excluding steroid dienone is 3. The van der Waals surface area contributed by atoms with Crippen LogP contribution >= 0.6 is 23.5 Å². The van der Waals surface area contributed by atoms with Crippen LogP contribution in [-0.4, -0.2) is 26.6 Å². The molecule has 3 nitrogen and oxygen atoms in total. The molecule has 0 radical (unpaired) electrons. The van der Waals surface area contributed by atoms with Crippen LogP contribution in [0.5, 0.6) is 0 Å². The van der Waals surface area contributed by atoms with Crippen LogP contribution in [0, 0.1) is 22.7 Å². The number of nitrogens with zero attached hydrogens (tertiary/aromatic N) is 3. The second-order valence-electron chi connectivity index (χ2n) is 4.33. The zero-order valence-electron chi connectivity index (χ0n) is 12.5. The second-order valence-corrected chi connectivity index (χ2v) is 6.28. The van der Waals surface area contributed by atoms with Gasteiger partial charge in [0, 0.05) is 29.6 Å². The Hall–Kier alpha value is -1.82. The zero-order chi connectivity index (χ0) is 15.8. The van der Waals surface area contributed by atoms with Crippen LogP contribution in [-0.2, 0) is 0 Å². The van der Waals surface area contributed by atoms with Crippen molar-refractivity contribution in [1.29, 1.82) is 10.5 Å². The molecular formula is C16H17N3S2. The molecule has 1 aromatic rings. The Labute approximate surface area is 134 Å². The average molecular weight is 315 g/mol. The van der Waals surface area contributed by atoms with E-state index in [1.807, 2.05) is 74.0 Å². The lowest BCUT2D eigenvalue weighted by Gasteiger charge is -2.13. The fraction of sp³-hybridized carbons (Fsp3) is 0.250. The van der Waals surface area contributed by atoms with Gasteiger partial charge in [-0.2, -0.15) is 10.5 Å². The highest BCUT2D eigenvalue weighted by molar-refractivity contribution is 8.21. The van der Waals surface area contributed by atoms with E-state index in [-0.39, 0.29) is 5.57 Å². The Morgan fingerprint density at radius 2 is 1.57 bits per heavy atom. The van der Waals surface area contributed by atoms with E-state index >= 15 is 0 Å². The van der Waals surface area contributed by atoms with Crippen molar-refractivity contribution >= 4 is 34.8 Å². The normalized spacial score (nSPS) is 9.24. The first-order valence-corrected chi connectivity index (χ1v) is 8.64. The van der Waals surface area contributed by atoms with E-state index in [1.54, 1.807) is 23.5 Å². The molecule has 0 aromatic heterocycles. The van der Waals surface area contributed by atoms with Crippen molar-refractivity contribution in [1.82, 2.24) is 0 Å². The Morgan fingerprint density at radius 1 is 1.05 bits per heavy atom. The molecule has 0 atom stereocenters. The molecule has 0 N–H and O–H groups in total. The van der Waals surface area contributed by atoms with E-state index in [0.717, 1.165) is 15.5 Å². The number of thioether (sulfide) groups is 2. The molecular weight excluding hydrogens is 298 g/mol. The van der Waals surface area contributed by atoms with Crippen LogP contribution in [0.25, 0.3) is 5.57 Å². The smallest absolute Gasteiger partial charge is 0.137 e. The molecule has 0 amide bonds. The third-order valence-corrected chi connectivity index (χ3v) is 4.89. The van der Waals surface area contributed by atoms with Gasteiger partial charge in [-0.3, -0.25) is 0 Å². The van der Waals surface area contributed by atoms with Crippen molar-refractivity contribution in [2.75, 3.05) is 31.5 Å². The van der Waals surface area contributed by atoms with Gasteiger partial charge >= 0.3 is 0 Å². The average Bonchev–Trinajstić information content (AvgIpc) is 2.51. The number of rotatable bonds is 5. The summed E-state index contributed by atoms with van der Waals surface area (Å²) in [5.41, 5.74) is 2.75. The summed E-state index contributed by atoms with van der Waals surface area (Å²) in [5.74, 6) is 0. The number of anilines is 1. The van der Waals surface area contributed by atoms with Crippen molar-refractivity contribution in [3.05, 3.63) is 45.7 Å². The maximum atomic E-state index is 9.18. The number of hydrogen-bond donors (Lipinski definition) is 0. The van der Waals surface area contributed by atoms with Crippen LogP contribution in [0.1, 0.15) is 5.56 Å². The van der Waals surface area contributed by atoms with E-state index in [0.29, 0.717) is 5.57 Å². The lowest BCUT2D eigenvalue weighted by molar-refractivity contribution is 1.13. The first-order chi connectivity index (χ1) is 10.1. The predicted octanol–water partition coefficient (Wildman–Crippen LogP) is 4.12. The number of benzene rings is 1. The van der Waals surface area contributed by atoms with Crippen molar-refractivity contribution in [3.63, 3.8) is 0 Å². The molecule has 0 unspecified atom stereocenters. The molecule has 108 valence electrons. The van der Waals surface area contributed by atoms with Crippen LogP contribution in [0.15, 0.2) is 40.2 Å². The zero-order valence-corrected chi connectivity index (χ0v) is 14.2.